The van der Waals surface area contributed by atoms with E-state index in [-0.39, 0.29) is 18.4 Å². The van der Waals surface area contributed by atoms with E-state index in [0.29, 0.717) is 23.6 Å². The SMILES string of the molecule is Cc1noc(C(C)C)c1C(=O)OCC(=O)N(Cc1ccccc1)C(C)(C)C. The molecule has 146 valence electrons. The molecule has 0 unspecified atom stereocenters. The zero-order chi connectivity index (χ0) is 20.2. The van der Waals surface area contributed by atoms with Gasteiger partial charge in [-0.25, -0.2) is 4.79 Å². The first-order chi connectivity index (χ1) is 12.6. The van der Waals surface area contributed by atoms with E-state index in [9.17, 15) is 9.59 Å². The summed E-state index contributed by atoms with van der Waals surface area (Å²) in [7, 11) is 0. The Morgan fingerprint density at radius 2 is 1.81 bits per heavy atom. The highest BCUT2D eigenvalue weighted by atomic mass is 16.5. The fourth-order valence-electron chi connectivity index (χ4n) is 2.77. The number of nitrogens with zero attached hydrogens (tertiary/aromatic N) is 2. The zero-order valence-corrected chi connectivity index (χ0v) is 16.9. The van der Waals surface area contributed by atoms with Crippen molar-refractivity contribution in [2.45, 2.75) is 59.5 Å². The largest absolute Gasteiger partial charge is 0.452 e. The van der Waals surface area contributed by atoms with Gasteiger partial charge in [-0.2, -0.15) is 0 Å². The van der Waals surface area contributed by atoms with Crippen molar-refractivity contribution in [2.24, 2.45) is 0 Å². The molecule has 6 heteroatoms. The molecule has 1 heterocycles. The maximum Gasteiger partial charge on any atom is 0.344 e. The van der Waals surface area contributed by atoms with Gasteiger partial charge >= 0.3 is 5.97 Å². The predicted molar refractivity (Wildman–Crippen MR) is 102 cm³/mol. The molecule has 0 spiro atoms. The molecule has 0 aliphatic heterocycles. The van der Waals surface area contributed by atoms with E-state index >= 15 is 0 Å². The molecule has 0 fully saturated rings. The number of aryl methyl sites for hydroxylation is 1. The van der Waals surface area contributed by atoms with Crippen molar-refractivity contribution < 1.29 is 18.8 Å². The molecule has 0 saturated heterocycles. The van der Waals surface area contributed by atoms with Gasteiger partial charge in [0.2, 0.25) is 0 Å². The Labute approximate surface area is 160 Å². The standard InChI is InChI=1S/C21H28N2O4/c1-14(2)19-18(15(3)22-27-19)20(25)26-13-17(24)23(21(4,5)6)12-16-10-8-7-9-11-16/h7-11,14H,12-13H2,1-6H3. The maximum absolute atomic E-state index is 12.8. The maximum atomic E-state index is 12.8. The molecule has 6 nitrogen and oxygen atoms in total. The van der Waals surface area contributed by atoms with Crippen LogP contribution in [0, 0.1) is 6.92 Å². The lowest BCUT2D eigenvalue weighted by atomic mass is 10.0. The van der Waals surface area contributed by atoms with Crippen LogP contribution in [0.2, 0.25) is 0 Å². The van der Waals surface area contributed by atoms with Gasteiger partial charge in [0.1, 0.15) is 5.56 Å². The molecule has 27 heavy (non-hydrogen) atoms. The number of aromatic nitrogens is 1. The fraction of sp³-hybridized carbons (Fsp3) is 0.476. The van der Waals surface area contributed by atoms with Crippen LogP contribution < -0.4 is 0 Å². The Kier molecular flexibility index (Phi) is 6.41. The molecule has 0 aliphatic carbocycles. The van der Waals surface area contributed by atoms with E-state index < -0.39 is 11.5 Å². The van der Waals surface area contributed by atoms with E-state index in [1.165, 1.54) is 0 Å². The van der Waals surface area contributed by atoms with E-state index in [4.69, 9.17) is 9.26 Å². The number of hydrogen-bond acceptors (Lipinski definition) is 5. The lowest BCUT2D eigenvalue weighted by molar-refractivity contribution is -0.140. The summed E-state index contributed by atoms with van der Waals surface area (Å²) in [6.45, 7) is 11.5. The van der Waals surface area contributed by atoms with Gasteiger partial charge in [-0.05, 0) is 33.3 Å². The van der Waals surface area contributed by atoms with Crippen LogP contribution in [-0.2, 0) is 16.1 Å². The number of esters is 1. The average Bonchev–Trinajstić information content (AvgIpc) is 2.99. The van der Waals surface area contributed by atoms with Crippen LogP contribution >= 0.6 is 0 Å². The topological polar surface area (TPSA) is 72.6 Å². The van der Waals surface area contributed by atoms with Crippen molar-refractivity contribution >= 4 is 11.9 Å². The molecule has 0 atom stereocenters. The molecule has 0 radical (unpaired) electrons. The first-order valence-corrected chi connectivity index (χ1v) is 9.09. The van der Waals surface area contributed by atoms with Crippen LogP contribution in [0.15, 0.2) is 34.9 Å². The molecule has 0 aliphatic rings. The molecule has 2 aromatic rings. The summed E-state index contributed by atoms with van der Waals surface area (Å²) in [4.78, 5) is 27.0. The zero-order valence-electron chi connectivity index (χ0n) is 16.9. The Hall–Kier alpha value is -2.63. The minimum atomic E-state index is -0.584. The quantitative estimate of drug-likeness (QED) is 0.714. The van der Waals surface area contributed by atoms with Crippen molar-refractivity contribution in [3.05, 3.63) is 52.9 Å². The lowest BCUT2D eigenvalue weighted by Gasteiger charge is -2.35. The Morgan fingerprint density at radius 3 is 2.37 bits per heavy atom. The first kappa shape index (κ1) is 20.7. The molecule has 0 saturated carbocycles. The van der Waals surface area contributed by atoms with Crippen LogP contribution in [0.4, 0.5) is 0 Å². The summed E-state index contributed by atoms with van der Waals surface area (Å²) in [5.41, 5.74) is 1.38. The van der Waals surface area contributed by atoms with Crippen molar-refractivity contribution in [3.63, 3.8) is 0 Å². The second-order valence-electron chi connectivity index (χ2n) is 7.87. The highest BCUT2D eigenvalue weighted by Gasteiger charge is 2.29. The second-order valence-corrected chi connectivity index (χ2v) is 7.87. The fourth-order valence-corrected chi connectivity index (χ4v) is 2.77. The van der Waals surface area contributed by atoms with Crippen LogP contribution in [-0.4, -0.2) is 34.1 Å². The third-order valence-electron chi connectivity index (χ3n) is 4.24. The van der Waals surface area contributed by atoms with Gasteiger partial charge in [0.15, 0.2) is 12.4 Å². The first-order valence-electron chi connectivity index (χ1n) is 9.09. The summed E-state index contributed by atoms with van der Waals surface area (Å²) in [5.74, 6) is -0.366. The molecule has 0 bridgehead atoms. The van der Waals surface area contributed by atoms with E-state index in [0.717, 1.165) is 5.56 Å². The average molecular weight is 372 g/mol. The number of carbonyl (C=O) groups excluding carboxylic acids is 2. The number of carbonyl (C=O) groups is 2. The highest BCUT2D eigenvalue weighted by molar-refractivity contribution is 5.93. The second kappa shape index (κ2) is 8.37. The van der Waals surface area contributed by atoms with Gasteiger partial charge in [-0.15, -0.1) is 0 Å². The van der Waals surface area contributed by atoms with Crippen molar-refractivity contribution in [3.8, 4) is 0 Å². The van der Waals surface area contributed by atoms with Gasteiger partial charge in [0.25, 0.3) is 5.91 Å². The normalized spacial score (nSPS) is 11.5. The van der Waals surface area contributed by atoms with E-state index in [2.05, 4.69) is 5.16 Å². The number of ether oxygens (including phenoxy) is 1. The van der Waals surface area contributed by atoms with Crippen LogP contribution in [0.1, 0.15) is 67.9 Å². The third kappa shape index (κ3) is 5.18. The summed E-state index contributed by atoms with van der Waals surface area (Å²) < 4.78 is 10.5. The Bertz CT molecular complexity index is 788. The van der Waals surface area contributed by atoms with E-state index in [1.807, 2.05) is 65.0 Å². The van der Waals surface area contributed by atoms with E-state index in [1.54, 1.807) is 11.8 Å². The number of amides is 1. The molecule has 1 amide bonds. The van der Waals surface area contributed by atoms with Gasteiger partial charge < -0.3 is 14.2 Å². The number of benzene rings is 1. The highest BCUT2D eigenvalue weighted by Crippen LogP contribution is 2.23. The van der Waals surface area contributed by atoms with Gasteiger partial charge in [0.05, 0.1) is 5.69 Å². The summed E-state index contributed by atoms with van der Waals surface area (Å²) in [6.07, 6.45) is 0. The molecule has 0 N–H and O–H groups in total. The smallest absolute Gasteiger partial charge is 0.344 e. The van der Waals surface area contributed by atoms with Crippen LogP contribution in [0.25, 0.3) is 0 Å². The minimum Gasteiger partial charge on any atom is -0.452 e. The predicted octanol–water partition coefficient (Wildman–Crippen LogP) is 4.09. The third-order valence-corrected chi connectivity index (χ3v) is 4.24. The minimum absolute atomic E-state index is 0.00592. The Balaban J connectivity index is 2.10. The molecule has 1 aromatic heterocycles. The van der Waals surface area contributed by atoms with Crippen LogP contribution in [0.3, 0.4) is 0 Å². The lowest BCUT2D eigenvalue weighted by Crippen LogP contribution is -2.46. The van der Waals surface area contributed by atoms with Crippen molar-refractivity contribution in [1.29, 1.82) is 0 Å². The van der Waals surface area contributed by atoms with Gasteiger partial charge in [-0.1, -0.05) is 49.3 Å². The van der Waals surface area contributed by atoms with Gasteiger partial charge in [0, 0.05) is 18.0 Å². The number of hydrogen-bond donors (Lipinski definition) is 0. The van der Waals surface area contributed by atoms with Crippen LogP contribution in [0.5, 0.6) is 0 Å². The molecular formula is C21H28N2O4. The molecule has 1 aromatic carbocycles. The Morgan fingerprint density at radius 1 is 1.19 bits per heavy atom. The molecular weight excluding hydrogens is 344 g/mol. The monoisotopic (exact) mass is 372 g/mol. The summed E-state index contributed by atoms with van der Waals surface area (Å²) in [6, 6.07) is 9.73. The summed E-state index contributed by atoms with van der Waals surface area (Å²) in [5, 5.41) is 3.85. The molecule has 2 rings (SSSR count). The van der Waals surface area contributed by atoms with Crippen molar-refractivity contribution in [2.75, 3.05) is 6.61 Å². The van der Waals surface area contributed by atoms with Gasteiger partial charge in [-0.3, -0.25) is 4.79 Å². The summed E-state index contributed by atoms with van der Waals surface area (Å²) >= 11 is 0. The number of rotatable bonds is 6. The van der Waals surface area contributed by atoms with Crippen molar-refractivity contribution in [1.82, 2.24) is 10.1 Å².